The Hall–Kier alpha value is -0.260. The minimum Gasteiger partial charge on any atom is -0.103 e. The molecule has 0 aromatic heterocycles. The number of fused-ring (bicyclic) bond motifs is 4. The molecule has 35 heavy (non-hydrogen) atoms. The Morgan fingerprint density at radius 1 is 0.571 bits per heavy atom. The van der Waals surface area contributed by atoms with E-state index in [-0.39, 0.29) is 0 Å². The predicted molar refractivity (Wildman–Crippen MR) is 152 cm³/mol. The summed E-state index contributed by atoms with van der Waals surface area (Å²) in [6.45, 7) is 19.3. The number of allylic oxidation sites excluding steroid dienone is 1. The van der Waals surface area contributed by atoms with Crippen LogP contribution in [0.3, 0.4) is 0 Å². The first-order valence-electron chi connectivity index (χ1n) is 16.2. The SMILES string of the molecule is C=CCC1CC(CCC2C3CC(C(C)(C)C)CCC3C3CCC(C(C)(C)C)CC32)C2CCCCC12. The molecule has 0 bridgehead atoms. The van der Waals surface area contributed by atoms with Crippen LogP contribution in [0.15, 0.2) is 12.7 Å². The minimum absolute atomic E-state index is 0.496. The van der Waals surface area contributed by atoms with Crippen LogP contribution in [0.1, 0.15) is 131 Å². The van der Waals surface area contributed by atoms with E-state index in [0.29, 0.717) is 10.8 Å². The van der Waals surface area contributed by atoms with Crippen molar-refractivity contribution in [3.63, 3.8) is 0 Å². The van der Waals surface area contributed by atoms with Crippen molar-refractivity contribution in [3.05, 3.63) is 12.7 Å². The van der Waals surface area contributed by atoms with Crippen molar-refractivity contribution in [1.82, 2.24) is 0 Å². The highest BCUT2D eigenvalue weighted by Crippen LogP contribution is 2.63. The summed E-state index contributed by atoms with van der Waals surface area (Å²) >= 11 is 0. The van der Waals surface area contributed by atoms with Gasteiger partial charge >= 0.3 is 0 Å². The molecule has 0 aromatic carbocycles. The summed E-state index contributed by atoms with van der Waals surface area (Å²) in [5.41, 5.74) is 0.992. The molecule has 0 heterocycles. The highest BCUT2D eigenvalue weighted by molar-refractivity contribution is 5.04. The summed E-state index contributed by atoms with van der Waals surface area (Å²) in [6, 6.07) is 0. The van der Waals surface area contributed by atoms with Crippen LogP contribution in [-0.2, 0) is 0 Å². The van der Waals surface area contributed by atoms with Crippen molar-refractivity contribution in [2.24, 2.45) is 75.9 Å². The van der Waals surface area contributed by atoms with Gasteiger partial charge in [0.1, 0.15) is 0 Å². The van der Waals surface area contributed by atoms with Gasteiger partial charge in [-0.3, -0.25) is 0 Å². The second-order valence-electron chi connectivity index (χ2n) is 16.5. The number of hydrogen-bond acceptors (Lipinski definition) is 0. The third-order valence-corrected chi connectivity index (χ3v) is 13.0. The van der Waals surface area contributed by atoms with Crippen LogP contribution in [0.4, 0.5) is 0 Å². The zero-order valence-corrected chi connectivity index (χ0v) is 24.5. The van der Waals surface area contributed by atoms with Gasteiger partial charge in [0, 0.05) is 0 Å². The molecule has 200 valence electrons. The normalized spacial score (nSPS) is 46.1. The first kappa shape index (κ1) is 26.4. The second-order valence-corrected chi connectivity index (χ2v) is 16.5. The number of hydrogen-bond donors (Lipinski definition) is 0. The Labute approximate surface area is 219 Å². The molecule has 0 amide bonds. The lowest BCUT2D eigenvalue weighted by molar-refractivity contribution is 0.0722. The number of rotatable bonds is 5. The van der Waals surface area contributed by atoms with E-state index < -0.39 is 0 Å². The van der Waals surface area contributed by atoms with Gasteiger partial charge in [-0.1, -0.05) is 60.5 Å². The van der Waals surface area contributed by atoms with Crippen LogP contribution in [0.5, 0.6) is 0 Å². The molecule has 0 aliphatic heterocycles. The fraction of sp³-hybridized carbons (Fsp3) is 0.943. The molecule has 0 nitrogen and oxygen atoms in total. The van der Waals surface area contributed by atoms with Crippen molar-refractivity contribution in [2.75, 3.05) is 0 Å². The standard InChI is InChI=1S/C35H60/c1-8-11-23-20-24(28-13-10-9-12-27(23)28)14-17-31-32-21-25(34(2,3)4)15-18-29(32)30-19-16-26(22-33(30)31)35(5,6)7/h8,23-33H,1,9-22H2,2-7H3. The lowest BCUT2D eigenvalue weighted by Crippen LogP contribution is -2.33. The summed E-state index contributed by atoms with van der Waals surface area (Å²) in [4.78, 5) is 0. The summed E-state index contributed by atoms with van der Waals surface area (Å²) in [6.07, 6.45) is 23.5. The summed E-state index contributed by atoms with van der Waals surface area (Å²) in [7, 11) is 0. The van der Waals surface area contributed by atoms with Gasteiger partial charge < -0.3 is 0 Å². The summed E-state index contributed by atoms with van der Waals surface area (Å²) in [5.74, 6) is 11.3. The molecule has 10 unspecified atom stereocenters. The van der Waals surface area contributed by atoms with Crippen molar-refractivity contribution in [3.8, 4) is 0 Å². The van der Waals surface area contributed by atoms with Crippen molar-refractivity contribution in [1.29, 1.82) is 0 Å². The van der Waals surface area contributed by atoms with Gasteiger partial charge in [-0.2, -0.15) is 0 Å². The first-order valence-corrected chi connectivity index (χ1v) is 16.2. The quantitative estimate of drug-likeness (QED) is 0.343. The molecule has 5 rings (SSSR count). The second kappa shape index (κ2) is 10.1. The van der Waals surface area contributed by atoms with Gasteiger partial charge in [0.05, 0.1) is 0 Å². The Morgan fingerprint density at radius 3 is 1.57 bits per heavy atom. The summed E-state index contributed by atoms with van der Waals surface area (Å²) in [5, 5.41) is 0. The fourth-order valence-corrected chi connectivity index (χ4v) is 11.1. The monoisotopic (exact) mass is 480 g/mol. The predicted octanol–water partition coefficient (Wildman–Crippen LogP) is 10.6. The smallest absolute Gasteiger partial charge is 0.0322 e. The van der Waals surface area contributed by atoms with Crippen LogP contribution in [0.25, 0.3) is 0 Å². The van der Waals surface area contributed by atoms with E-state index in [2.05, 4.69) is 54.2 Å². The largest absolute Gasteiger partial charge is 0.103 e. The maximum absolute atomic E-state index is 4.14. The zero-order valence-electron chi connectivity index (χ0n) is 24.5. The molecule has 0 radical (unpaired) electrons. The van der Waals surface area contributed by atoms with Crippen LogP contribution in [-0.4, -0.2) is 0 Å². The maximum Gasteiger partial charge on any atom is -0.0322 e. The molecule has 0 saturated heterocycles. The third-order valence-electron chi connectivity index (χ3n) is 13.0. The van der Waals surface area contributed by atoms with E-state index >= 15 is 0 Å². The van der Waals surface area contributed by atoms with Crippen LogP contribution < -0.4 is 0 Å². The highest BCUT2D eigenvalue weighted by Gasteiger charge is 2.55. The van der Waals surface area contributed by atoms with E-state index in [1.54, 1.807) is 44.9 Å². The third kappa shape index (κ3) is 5.21. The molecule has 5 aliphatic carbocycles. The Morgan fingerprint density at radius 2 is 1.09 bits per heavy atom. The minimum atomic E-state index is 0.496. The average Bonchev–Trinajstić information content (AvgIpc) is 3.31. The van der Waals surface area contributed by atoms with Crippen LogP contribution in [0, 0.1) is 75.9 Å². The fourth-order valence-electron chi connectivity index (χ4n) is 11.1. The van der Waals surface area contributed by atoms with E-state index in [0.717, 1.165) is 65.1 Å². The molecule has 0 N–H and O–H groups in total. The Balaban J connectivity index is 1.34. The molecule has 10 atom stereocenters. The molecule has 5 fully saturated rings. The van der Waals surface area contributed by atoms with Gasteiger partial charge in [-0.05, 0) is 153 Å². The van der Waals surface area contributed by atoms with Crippen LogP contribution >= 0.6 is 0 Å². The van der Waals surface area contributed by atoms with Gasteiger partial charge in [0.2, 0.25) is 0 Å². The lowest BCUT2D eigenvalue weighted by Gasteiger charge is -2.43. The van der Waals surface area contributed by atoms with Crippen molar-refractivity contribution >= 4 is 0 Å². The van der Waals surface area contributed by atoms with E-state index in [4.69, 9.17) is 0 Å². The Bertz CT molecular complexity index is 679. The zero-order chi connectivity index (χ0) is 25.0. The summed E-state index contributed by atoms with van der Waals surface area (Å²) < 4.78 is 0. The van der Waals surface area contributed by atoms with Gasteiger partial charge in [0.15, 0.2) is 0 Å². The van der Waals surface area contributed by atoms with E-state index in [1.165, 1.54) is 44.9 Å². The highest BCUT2D eigenvalue weighted by atomic mass is 14.6. The van der Waals surface area contributed by atoms with Gasteiger partial charge in [0.25, 0.3) is 0 Å². The van der Waals surface area contributed by atoms with Crippen molar-refractivity contribution < 1.29 is 0 Å². The molecule has 0 spiro atoms. The lowest BCUT2D eigenvalue weighted by atomic mass is 9.62. The maximum atomic E-state index is 4.14. The van der Waals surface area contributed by atoms with Crippen molar-refractivity contribution in [2.45, 2.75) is 131 Å². The van der Waals surface area contributed by atoms with Gasteiger partial charge in [-0.15, -0.1) is 6.58 Å². The molecule has 5 saturated carbocycles. The molecule has 0 aromatic rings. The molecule has 0 heteroatoms. The first-order chi connectivity index (χ1) is 16.6. The Kier molecular flexibility index (Phi) is 7.63. The van der Waals surface area contributed by atoms with E-state index in [9.17, 15) is 0 Å². The van der Waals surface area contributed by atoms with Crippen LogP contribution in [0.2, 0.25) is 0 Å². The molecular weight excluding hydrogens is 420 g/mol. The average molecular weight is 481 g/mol. The molecule has 5 aliphatic rings. The topological polar surface area (TPSA) is 0 Å². The van der Waals surface area contributed by atoms with E-state index in [1.807, 2.05) is 0 Å². The molecular formula is C35H60. The van der Waals surface area contributed by atoms with Gasteiger partial charge in [-0.25, -0.2) is 0 Å².